The van der Waals surface area contributed by atoms with Gasteiger partial charge in [-0.2, -0.15) is 0 Å². The number of aryl methyl sites for hydroxylation is 2. The Bertz CT molecular complexity index is 1300. The number of hydrogen-bond donors (Lipinski definition) is 1. The van der Waals surface area contributed by atoms with Crippen LogP contribution in [0.5, 0.6) is 5.75 Å². The number of amides is 1. The Kier molecular flexibility index (Phi) is 6.28. The zero-order valence-electron chi connectivity index (χ0n) is 17.2. The zero-order valence-corrected chi connectivity index (χ0v) is 18.7. The SMILES string of the molecule is COc1ccnc(C)c1-c1ncc(-c2cc(F)c(C(=O)NS(C)(=O)=O)cc2C)cc1Cl. The van der Waals surface area contributed by atoms with Gasteiger partial charge < -0.3 is 4.74 Å². The average Bonchev–Trinajstić information content (AvgIpc) is 2.68. The van der Waals surface area contributed by atoms with Crippen LogP contribution in [0, 0.1) is 19.7 Å². The fourth-order valence-electron chi connectivity index (χ4n) is 3.16. The molecule has 0 bridgehead atoms. The van der Waals surface area contributed by atoms with E-state index < -0.39 is 21.7 Å². The second-order valence-corrected chi connectivity index (χ2v) is 9.03. The van der Waals surface area contributed by atoms with Gasteiger partial charge in [-0.15, -0.1) is 0 Å². The number of ether oxygens (including phenoxy) is 1. The summed E-state index contributed by atoms with van der Waals surface area (Å²) in [5.41, 5.74) is 2.96. The van der Waals surface area contributed by atoms with Crippen LogP contribution in [0.3, 0.4) is 0 Å². The highest BCUT2D eigenvalue weighted by atomic mass is 35.5. The van der Waals surface area contributed by atoms with Crippen molar-refractivity contribution in [3.63, 3.8) is 0 Å². The second-order valence-electron chi connectivity index (χ2n) is 6.88. The lowest BCUT2D eigenvalue weighted by Gasteiger charge is -2.14. The minimum absolute atomic E-state index is 0.311. The number of nitrogens with one attached hydrogen (secondary N) is 1. The topological polar surface area (TPSA) is 98.2 Å². The first-order chi connectivity index (χ1) is 14.5. The normalized spacial score (nSPS) is 11.3. The molecule has 0 aliphatic rings. The van der Waals surface area contributed by atoms with Crippen molar-refractivity contribution in [3.05, 3.63) is 64.3 Å². The van der Waals surface area contributed by atoms with Gasteiger partial charge in [0.25, 0.3) is 5.91 Å². The van der Waals surface area contributed by atoms with Gasteiger partial charge in [0.05, 0.1) is 40.9 Å². The number of nitrogens with zero attached hydrogens (tertiary/aromatic N) is 2. The predicted octanol–water partition coefficient (Wildman–Crippen LogP) is 3.92. The molecule has 0 aliphatic carbocycles. The van der Waals surface area contributed by atoms with Crippen molar-refractivity contribution in [1.82, 2.24) is 14.7 Å². The maximum absolute atomic E-state index is 14.6. The van der Waals surface area contributed by atoms with E-state index in [-0.39, 0.29) is 5.56 Å². The van der Waals surface area contributed by atoms with E-state index in [0.29, 0.717) is 44.4 Å². The highest BCUT2D eigenvalue weighted by Crippen LogP contribution is 2.37. The fourth-order valence-corrected chi connectivity index (χ4v) is 3.87. The Hall–Kier alpha value is -3.04. The van der Waals surface area contributed by atoms with Crippen LogP contribution in [0.15, 0.2) is 36.7 Å². The smallest absolute Gasteiger partial charge is 0.267 e. The lowest BCUT2D eigenvalue weighted by atomic mass is 9.98. The summed E-state index contributed by atoms with van der Waals surface area (Å²) in [4.78, 5) is 20.7. The second kappa shape index (κ2) is 8.60. The molecule has 0 fully saturated rings. The molecule has 2 heterocycles. The third kappa shape index (κ3) is 4.83. The van der Waals surface area contributed by atoms with Gasteiger partial charge in [-0.1, -0.05) is 11.6 Å². The molecule has 1 amide bonds. The number of benzene rings is 1. The number of halogens is 2. The number of hydrogen-bond acceptors (Lipinski definition) is 6. The maximum Gasteiger partial charge on any atom is 0.267 e. The largest absolute Gasteiger partial charge is 0.496 e. The Morgan fingerprint density at radius 2 is 1.90 bits per heavy atom. The van der Waals surface area contributed by atoms with E-state index in [0.717, 1.165) is 12.3 Å². The Morgan fingerprint density at radius 1 is 1.19 bits per heavy atom. The molecule has 0 saturated carbocycles. The molecule has 0 aliphatic heterocycles. The molecule has 1 aromatic carbocycles. The number of rotatable bonds is 5. The Labute approximate surface area is 184 Å². The molecule has 31 heavy (non-hydrogen) atoms. The molecule has 3 rings (SSSR count). The summed E-state index contributed by atoms with van der Waals surface area (Å²) in [5.74, 6) is -1.34. The Balaban J connectivity index is 2.05. The molecular weight excluding hydrogens is 445 g/mol. The summed E-state index contributed by atoms with van der Waals surface area (Å²) in [7, 11) is -2.28. The van der Waals surface area contributed by atoms with Crippen LogP contribution < -0.4 is 9.46 Å². The first-order valence-corrected chi connectivity index (χ1v) is 11.3. The van der Waals surface area contributed by atoms with E-state index in [4.69, 9.17) is 16.3 Å². The van der Waals surface area contributed by atoms with Crippen LogP contribution in [0.4, 0.5) is 4.39 Å². The van der Waals surface area contributed by atoms with Crippen LogP contribution in [0.2, 0.25) is 5.02 Å². The standard InChI is InChI=1S/C21H19ClFN3O4S/c1-11-7-15(21(27)26-31(4,28)29)17(23)9-14(11)13-8-16(22)20(25-10-13)19-12(2)24-6-5-18(19)30-3/h5-10H,1-4H3,(H,26,27). The summed E-state index contributed by atoms with van der Waals surface area (Å²) in [6.07, 6.45) is 3.97. The van der Waals surface area contributed by atoms with Crippen molar-refractivity contribution in [2.24, 2.45) is 0 Å². The summed E-state index contributed by atoms with van der Waals surface area (Å²) < 4.78 is 44.3. The number of methoxy groups -OCH3 is 1. The summed E-state index contributed by atoms with van der Waals surface area (Å²) in [6, 6.07) is 5.76. The summed E-state index contributed by atoms with van der Waals surface area (Å²) in [6.45, 7) is 3.48. The van der Waals surface area contributed by atoms with Gasteiger partial charge in [0.15, 0.2) is 0 Å². The van der Waals surface area contributed by atoms with Crippen molar-refractivity contribution in [2.45, 2.75) is 13.8 Å². The van der Waals surface area contributed by atoms with Crippen molar-refractivity contribution in [3.8, 4) is 28.1 Å². The number of carbonyl (C=O) groups is 1. The number of sulfonamides is 1. The van der Waals surface area contributed by atoms with Gasteiger partial charge in [-0.3, -0.25) is 14.8 Å². The lowest BCUT2D eigenvalue weighted by Crippen LogP contribution is -2.30. The first-order valence-electron chi connectivity index (χ1n) is 9.00. The third-order valence-corrected chi connectivity index (χ3v) is 5.39. The molecule has 7 nitrogen and oxygen atoms in total. The maximum atomic E-state index is 14.6. The number of pyridine rings is 2. The van der Waals surface area contributed by atoms with Gasteiger partial charge in [-0.05, 0) is 49.2 Å². The molecule has 2 aromatic heterocycles. The summed E-state index contributed by atoms with van der Waals surface area (Å²) in [5, 5.41) is 0.311. The molecule has 0 spiro atoms. The van der Waals surface area contributed by atoms with Crippen molar-refractivity contribution < 1.29 is 22.3 Å². The molecule has 162 valence electrons. The molecular formula is C21H19ClFN3O4S. The molecule has 3 aromatic rings. The Morgan fingerprint density at radius 3 is 2.52 bits per heavy atom. The zero-order chi connectivity index (χ0) is 22.9. The highest BCUT2D eigenvalue weighted by Gasteiger charge is 2.20. The monoisotopic (exact) mass is 463 g/mol. The highest BCUT2D eigenvalue weighted by molar-refractivity contribution is 7.89. The summed E-state index contributed by atoms with van der Waals surface area (Å²) >= 11 is 6.49. The van der Waals surface area contributed by atoms with E-state index in [1.807, 2.05) is 6.92 Å². The van der Waals surface area contributed by atoms with Crippen molar-refractivity contribution in [2.75, 3.05) is 13.4 Å². The van der Waals surface area contributed by atoms with E-state index in [9.17, 15) is 17.6 Å². The van der Waals surface area contributed by atoms with Crippen LogP contribution in [0.1, 0.15) is 21.6 Å². The van der Waals surface area contributed by atoms with E-state index in [1.165, 1.54) is 19.4 Å². The van der Waals surface area contributed by atoms with Crippen LogP contribution in [-0.4, -0.2) is 37.7 Å². The number of aromatic nitrogens is 2. The molecule has 0 radical (unpaired) electrons. The van der Waals surface area contributed by atoms with Gasteiger partial charge in [0, 0.05) is 18.0 Å². The lowest BCUT2D eigenvalue weighted by molar-refractivity contribution is 0.0977. The van der Waals surface area contributed by atoms with Gasteiger partial charge in [0.1, 0.15) is 11.6 Å². The van der Waals surface area contributed by atoms with Gasteiger partial charge in [0.2, 0.25) is 10.0 Å². The van der Waals surface area contributed by atoms with Gasteiger partial charge >= 0.3 is 0 Å². The van der Waals surface area contributed by atoms with Crippen LogP contribution >= 0.6 is 11.6 Å². The van der Waals surface area contributed by atoms with Crippen LogP contribution in [-0.2, 0) is 10.0 Å². The molecule has 1 N–H and O–H groups in total. The van der Waals surface area contributed by atoms with E-state index in [2.05, 4.69) is 9.97 Å². The minimum Gasteiger partial charge on any atom is -0.496 e. The quantitative estimate of drug-likeness (QED) is 0.615. The fraction of sp³-hybridized carbons (Fsp3) is 0.190. The molecule has 0 saturated heterocycles. The predicted molar refractivity (Wildman–Crippen MR) is 116 cm³/mol. The van der Waals surface area contributed by atoms with Gasteiger partial charge in [-0.25, -0.2) is 17.5 Å². The van der Waals surface area contributed by atoms with Crippen molar-refractivity contribution >= 4 is 27.5 Å². The molecule has 0 unspecified atom stereocenters. The van der Waals surface area contributed by atoms with E-state index in [1.54, 1.807) is 30.0 Å². The average molecular weight is 464 g/mol. The first kappa shape index (κ1) is 22.6. The third-order valence-electron chi connectivity index (χ3n) is 4.55. The molecule has 0 atom stereocenters. The van der Waals surface area contributed by atoms with E-state index >= 15 is 0 Å². The van der Waals surface area contributed by atoms with Crippen LogP contribution in [0.25, 0.3) is 22.4 Å². The van der Waals surface area contributed by atoms with Crippen molar-refractivity contribution in [1.29, 1.82) is 0 Å². The number of carbonyl (C=O) groups excluding carboxylic acids is 1. The minimum atomic E-state index is -3.82. The molecule has 10 heteroatoms.